The van der Waals surface area contributed by atoms with Crippen molar-refractivity contribution in [2.75, 3.05) is 19.1 Å². The van der Waals surface area contributed by atoms with E-state index in [0.29, 0.717) is 12.4 Å². The third-order valence-corrected chi connectivity index (χ3v) is 3.21. The van der Waals surface area contributed by atoms with E-state index >= 15 is 0 Å². The van der Waals surface area contributed by atoms with E-state index in [9.17, 15) is 4.79 Å². The molecule has 18 heavy (non-hydrogen) atoms. The van der Waals surface area contributed by atoms with Gasteiger partial charge < -0.3 is 14.6 Å². The van der Waals surface area contributed by atoms with Gasteiger partial charge in [-0.25, -0.2) is 4.98 Å². The summed E-state index contributed by atoms with van der Waals surface area (Å²) in [6.45, 7) is 0. The summed E-state index contributed by atoms with van der Waals surface area (Å²) < 4.78 is 5.01. The van der Waals surface area contributed by atoms with Gasteiger partial charge in [-0.3, -0.25) is 4.79 Å². The van der Waals surface area contributed by atoms with Gasteiger partial charge in [0, 0.05) is 18.3 Å². The number of nitrogens with zero attached hydrogens (tertiary/aromatic N) is 2. The van der Waals surface area contributed by atoms with E-state index in [1.165, 1.54) is 0 Å². The standard InChI is InChI=1S/C13H13N3O2/c1-16-11-4-3-8(5-9(11)6-12(16)17)10-7-14-13(15-10)18-2/h3-5,7H,6H2,1-2H3,(H,14,15). The quantitative estimate of drug-likeness (QED) is 0.871. The van der Waals surface area contributed by atoms with Gasteiger partial charge in [0.15, 0.2) is 0 Å². The Morgan fingerprint density at radius 2 is 2.28 bits per heavy atom. The van der Waals surface area contributed by atoms with Crippen LogP contribution in [-0.4, -0.2) is 30.0 Å². The second-order valence-electron chi connectivity index (χ2n) is 4.28. The van der Waals surface area contributed by atoms with Crippen LogP contribution >= 0.6 is 0 Å². The van der Waals surface area contributed by atoms with Crippen LogP contribution in [0.15, 0.2) is 24.4 Å². The number of rotatable bonds is 2. The van der Waals surface area contributed by atoms with Gasteiger partial charge in [-0.05, 0) is 17.7 Å². The molecule has 0 aliphatic carbocycles. The molecule has 0 bridgehead atoms. The first-order chi connectivity index (χ1) is 8.69. The lowest BCUT2D eigenvalue weighted by molar-refractivity contribution is -0.117. The van der Waals surface area contributed by atoms with E-state index in [0.717, 1.165) is 22.5 Å². The van der Waals surface area contributed by atoms with Crippen LogP contribution in [0.2, 0.25) is 0 Å². The first-order valence-electron chi connectivity index (χ1n) is 5.68. The van der Waals surface area contributed by atoms with Crippen LogP contribution in [0.4, 0.5) is 5.69 Å². The molecular weight excluding hydrogens is 230 g/mol. The van der Waals surface area contributed by atoms with Crippen molar-refractivity contribution in [2.45, 2.75) is 6.42 Å². The SMILES string of the molecule is COc1ncc(-c2ccc3c(c2)CC(=O)N3C)[nH]1. The molecule has 0 unspecified atom stereocenters. The molecule has 1 aliphatic heterocycles. The molecule has 5 nitrogen and oxygen atoms in total. The first-order valence-corrected chi connectivity index (χ1v) is 5.68. The van der Waals surface area contributed by atoms with Crippen LogP contribution in [0.3, 0.4) is 0 Å². The van der Waals surface area contributed by atoms with Crippen molar-refractivity contribution >= 4 is 11.6 Å². The number of H-pyrrole nitrogens is 1. The fourth-order valence-electron chi connectivity index (χ4n) is 2.19. The summed E-state index contributed by atoms with van der Waals surface area (Å²) in [6, 6.07) is 6.44. The molecule has 92 valence electrons. The second kappa shape index (κ2) is 3.87. The van der Waals surface area contributed by atoms with Crippen LogP contribution in [0.25, 0.3) is 11.3 Å². The molecule has 1 amide bonds. The largest absolute Gasteiger partial charge is 0.468 e. The van der Waals surface area contributed by atoms with Crippen LogP contribution < -0.4 is 9.64 Å². The topological polar surface area (TPSA) is 58.2 Å². The molecule has 0 fully saturated rings. The maximum Gasteiger partial charge on any atom is 0.293 e. The molecule has 0 saturated carbocycles. The Morgan fingerprint density at radius 1 is 1.44 bits per heavy atom. The zero-order valence-corrected chi connectivity index (χ0v) is 10.2. The Labute approximate surface area is 104 Å². The van der Waals surface area contributed by atoms with Crippen LogP contribution in [-0.2, 0) is 11.2 Å². The van der Waals surface area contributed by atoms with Crippen LogP contribution in [0, 0.1) is 0 Å². The summed E-state index contributed by atoms with van der Waals surface area (Å²) in [5, 5.41) is 0. The highest BCUT2D eigenvalue weighted by Gasteiger charge is 2.24. The van der Waals surface area contributed by atoms with E-state index < -0.39 is 0 Å². The maximum absolute atomic E-state index is 11.6. The Bertz CT molecular complexity index is 618. The first kappa shape index (κ1) is 10.8. The van der Waals surface area contributed by atoms with E-state index in [-0.39, 0.29) is 5.91 Å². The molecule has 1 aliphatic rings. The van der Waals surface area contributed by atoms with Gasteiger partial charge in [0.2, 0.25) is 5.91 Å². The number of carbonyl (C=O) groups excluding carboxylic acids is 1. The van der Waals surface area contributed by atoms with Crippen molar-refractivity contribution < 1.29 is 9.53 Å². The fraction of sp³-hybridized carbons (Fsp3) is 0.231. The summed E-state index contributed by atoms with van der Waals surface area (Å²) in [5.41, 5.74) is 3.92. The minimum Gasteiger partial charge on any atom is -0.468 e. The number of fused-ring (bicyclic) bond motifs is 1. The molecule has 3 rings (SSSR count). The van der Waals surface area contributed by atoms with Gasteiger partial charge in [-0.1, -0.05) is 6.07 Å². The van der Waals surface area contributed by atoms with Crippen molar-refractivity contribution in [3.63, 3.8) is 0 Å². The molecule has 0 atom stereocenters. The predicted molar refractivity (Wildman–Crippen MR) is 67.7 cm³/mol. The minimum atomic E-state index is 0.129. The number of aromatic nitrogens is 2. The molecule has 0 saturated heterocycles. The lowest BCUT2D eigenvalue weighted by Gasteiger charge is -2.09. The van der Waals surface area contributed by atoms with Crippen molar-refractivity contribution in [1.82, 2.24) is 9.97 Å². The lowest BCUT2D eigenvalue weighted by Crippen LogP contribution is -2.20. The minimum absolute atomic E-state index is 0.129. The van der Waals surface area contributed by atoms with Crippen molar-refractivity contribution in [1.29, 1.82) is 0 Å². The number of imidazole rings is 1. The highest BCUT2D eigenvalue weighted by molar-refractivity contribution is 6.01. The van der Waals surface area contributed by atoms with Gasteiger partial charge in [0.05, 0.1) is 25.4 Å². The molecule has 1 aromatic carbocycles. The molecule has 2 heterocycles. The molecule has 1 aromatic heterocycles. The fourth-order valence-corrected chi connectivity index (χ4v) is 2.19. The molecule has 0 spiro atoms. The number of ether oxygens (including phenoxy) is 1. The summed E-state index contributed by atoms with van der Waals surface area (Å²) in [4.78, 5) is 20.4. The number of carbonyl (C=O) groups is 1. The number of aromatic amines is 1. The molecule has 0 radical (unpaired) electrons. The average Bonchev–Trinajstić information content (AvgIpc) is 2.95. The highest BCUT2D eigenvalue weighted by Crippen LogP contribution is 2.31. The summed E-state index contributed by atoms with van der Waals surface area (Å²) in [5.74, 6) is 0.129. The van der Waals surface area contributed by atoms with Gasteiger partial charge >= 0.3 is 0 Å². The maximum atomic E-state index is 11.6. The Morgan fingerprint density at radius 3 is 3.00 bits per heavy atom. The number of methoxy groups -OCH3 is 1. The molecule has 5 heteroatoms. The third kappa shape index (κ3) is 1.55. The smallest absolute Gasteiger partial charge is 0.293 e. The molecule has 2 aromatic rings. The van der Waals surface area contributed by atoms with E-state index in [2.05, 4.69) is 9.97 Å². The van der Waals surface area contributed by atoms with Crippen molar-refractivity contribution in [3.8, 4) is 17.3 Å². The van der Waals surface area contributed by atoms with Gasteiger partial charge in [0.25, 0.3) is 6.01 Å². The Kier molecular flexibility index (Phi) is 2.33. The Hall–Kier alpha value is -2.30. The van der Waals surface area contributed by atoms with Crippen LogP contribution in [0.1, 0.15) is 5.56 Å². The van der Waals surface area contributed by atoms with Crippen LogP contribution in [0.5, 0.6) is 6.01 Å². The molecular formula is C13H13N3O2. The highest BCUT2D eigenvalue weighted by atomic mass is 16.5. The third-order valence-electron chi connectivity index (χ3n) is 3.21. The molecule has 1 N–H and O–H groups in total. The normalized spacial score (nSPS) is 13.9. The number of nitrogens with one attached hydrogen (secondary N) is 1. The van der Waals surface area contributed by atoms with Gasteiger partial charge in [0.1, 0.15) is 0 Å². The number of benzene rings is 1. The van der Waals surface area contributed by atoms with Gasteiger partial charge in [-0.15, -0.1) is 0 Å². The monoisotopic (exact) mass is 243 g/mol. The zero-order chi connectivity index (χ0) is 12.7. The number of hydrogen-bond donors (Lipinski definition) is 1. The van der Waals surface area contributed by atoms with E-state index in [1.54, 1.807) is 25.3 Å². The predicted octanol–water partition coefficient (Wildman–Crippen LogP) is 1.60. The number of likely N-dealkylation sites (N-methyl/N-ethyl adjacent to an activating group) is 1. The average molecular weight is 243 g/mol. The van der Waals surface area contributed by atoms with Gasteiger partial charge in [-0.2, -0.15) is 0 Å². The van der Waals surface area contributed by atoms with E-state index in [4.69, 9.17) is 4.74 Å². The second-order valence-corrected chi connectivity index (χ2v) is 4.28. The number of amides is 1. The van der Waals surface area contributed by atoms with E-state index in [1.807, 2.05) is 18.2 Å². The summed E-state index contributed by atoms with van der Waals surface area (Å²) in [6.07, 6.45) is 2.19. The van der Waals surface area contributed by atoms with Crippen molar-refractivity contribution in [2.24, 2.45) is 0 Å². The number of anilines is 1. The summed E-state index contributed by atoms with van der Waals surface area (Å²) in [7, 11) is 3.37. The van der Waals surface area contributed by atoms with Crippen molar-refractivity contribution in [3.05, 3.63) is 30.0 Å². The Balaban J connectivity index is 2.01. The summed E-state index contributed by atoms with van der Waals surface area (Å²) >= 11 is 0. The zero-order valence-electron chi connectivity index (χ0n) is 10.2. The number of hydrogen-bond acceptors (Lipinski definition) is 3. The lowest BCUT2D eigenvalue weighted by atomic mass is 10.1.